The molecule has 2 atom stereocenters. The van der Waals surface area contributed by atoms with Crippen molar-refractivity contribution in [2.45, 2.75) is 56.8 Å². The standard InChI is InChI=1S/C13H18F2O2/c1-9(16)17-8-11-2-10-3-12(14,5-11)7-13(15,4-10)6-11/h10H,2-8H2,1H3. The molecular weight excluding hydrogens is 226 g/mol. The summed E-state index contributed by atoms with van der Waals surface area (Å²) in [4.78, 5) is 10.9. The van der Waals surface area contributed by atoms with Crippen molar-refractivity contribution < 1.29 is 18.3 Å². The van der Waals surface area contributed by atoms with Gasteiger partial charge in [0.05, 0.1) is 6.61 Å². The van der Waals surface area contributed by atoms with E-state index in [1.807, 2.05) is 0 Å². The van der Waals surface area contributed by atoms with Gasteiger partial charge in [0.25, 0.3) is 0 Å². The van der Waals surface area contributed by atoms with E-state index in [0.717, 1.165) is 6.42 Å². The summed E-state index contributed by atoms with van der Waals surface area (Å²) in [6.45, 7) is 1.53. The summed E-state index contributed by atoms with van der Waals surface area (Å²) >= 11 is 0. The van der Waals surface area contributed by atoms with E-state index in [-0.39, 0.29) is 24.9 Å². The predicted molar refractivity (Wildman–Crippen MR) is 57.9 cm³/mol. The van der Waals surface area contributed by atoms with Gasteiger partial charge in [0.2, 0.25) is 0 Å². The molecule has 4 bridgehead atoms. The van der Waals surface area contributed by atoms with Crippen LogP contribution in [0.3, 0.4) is 0 Å². The number of carbonyl (C=O) groups excluding carboxylic acids is 1. The molecule has 17 heavy (non-hydrogen) atoms. The van der Waals surface area contributed by atoms with E-state index < -0.39 is 16.8 Å². The van der Waals surface area contributed by atoms with Gasteiger partial charge in [-0.1, -0.05) is 0 Å². The molecule has 0 N–H and O–H groups in total. The molecule has 0 amide bonds. The smallest absolute Gasteiger partial charge is 0.302 e. The maximum absolute atomic E-state index is 14.5. The van der Waals surface area contributed by atoms with Crippen LogP contribution in [-0.4, -0.2) is 23.9 Å². The highest BCUT2D eigenvalue weighted by molar-refractivity contribution is 5.65. The van der Waals surface area contributed by atoms with E-state index in [1.165, 1.54) is 6.92 Å². The summed E-state index contributed by atoms with van der Waals surface area (Å²) in [5.41, 5.74) is -3.14. The molecule has 4 saturated carbocycles. The Balaban J connectivity index is 1.84. The lowest BCUT2D eigenvalue weighted by molar-refractivity contribution is -0.194. The number of halogens is 2. The molecule has 0 aromatic heterocycles. The van der Waals surface area contributed by atoms with Crippen molar-refractivity contribution in [3.63, 3.8) is 0 Å². The summed E-state index contributed by atoms with van der Waals surface area (Å²) in [7, 11) is 0. The molecule has 0 aromatic rings. The first kappa shape index (κ1) is 11.4. The molecular formula is C13H18F2O2. The minimum atomic E-state index is -1.35. The zero-order valence-electron chi connectivity index (χ0n) is 10.1. The van der Waals surface area contributed by atoms with Crippen molar-refractivity contribution in [3.8, 4) is 0 Å². The van der Waals surface area contributed by atoms with Gasteiger partial charge in [-0.05, 0) is 38.0 Å². The average Bonchev–Trinajstić information content (AvgIpc) is 2.08. The number of ether oxygens (including phenoxy) is 1. The first-order valence-corrected chi connectivity index (χ1v) is 6.34. The first-order valence-electron chi connectivity index (χ1n) is 6.34. The fourth-order valence-electron chi connectivity index (χ4n) is 4.81. The quantitative estimate of drug-likeness (QED) is 0.698. The number of hydrogen-bond acceptors (Lipinski definition) is 2. The topological polar surface area (TPSA) is 26.3 Å². The lowest BCUT2D eigenvalue weighted by Gasteiger charge is -2.60. The minimum Gasteiger partial charge on any atom is -0.465 e. The van der Waals surface area contributed by atoms with Crippen molar-refractivity contribution in [1.82, 2.24) is 0 Å². The Hall–Kier alpha value is -0.670. The molecule has 4 aliphatic rings. The van der Waals surface area contributed by atoms with E-state index in [1.54, 1.807) is 0 Å². The Bertz CT molecular complexity index is 350. The Morgan fingerprint density at radius 2 is 1.76 bits per heavy atom. The number of carbonyl (C=O) groups is 1. The highest BCUT2D eigenvalue weighted by atomic mass is 19.2. The van der Waals surface area contributed by atoms with Crippen LogP contribution in [0.2, 0.25) is 0 Å². The van der Waals surface area contributed by atoms with Crippen LogP contribution >= 0.6 is 0 Å². The Morgan fingerprint density at radius 3 is 2.24 bits per heavy atom. The molecule has 2 unspecified atom stereocenters. The van der Waals surface area contributed by atoms with Crippen LogP contribution in [0.4, 0.5) is 8.78 Å². The van der Waals surface area contributed by atoms with Gasteiger partial charge < -0.3 is 4.74 Å². The van der Waals surface area contributed by atoms with Gasteiger partial charge in [0.15, 0.2) is 0 Å². The fraction of sp³-hybridized carbons (Fsp3) is 0.923. The number of rotatable bonds is 2. The van der Waals surface area contributed by atoms with Gasteiger partial charge in [-0.2, -0.15) is 0 Å². The second-order valence-electron chi connectivity index (χ2n) is 6.59. The van der Waals surface area contributed by atoms with Crippen LogP contribution in [0.1, 0.15) is 45.4 Å². The Kier molecular flexibility index (Phi) is 2.15. The summed E-state index contributed by atoms with van der Waals surface area (Å²) in [6.07, 6.45) is 2.61. The SMILES string of the molecule is CC(=O)OCC12CC3CC(F)(CC(F)(C3)C1)C2. The molecule has 0 spiro atoms. The monoisotopic (exact) mass is 244 g/mol. The molecule has 4 rings (SSSR count). The molecule has 0 saturated heterocycles. The first-order chi connectivity index (χ1) is 7.82. The van der Waals surface area contributed by atoms with Gasteiger partial charge in [0, 0.05) is 18.8 Å². The van der Waals surface area contributed by atoms with Gasteiger partial charge in [-0.15, -0.1) is 0 Å². The highest BCUT2D eigenvalue weighted by Crippen LogP contribution is 2.65. The maximum atomic E-state index is 14.5. The van der Waals surface area contributed by atoms with Crippen molar-refractivity contribution in [2.75, 3.05) is 6.61 Å². The minimum absolute atomic E-state index is 0.0539. The number of esters is 1. The van der Waals surface area contributed by atoms with Crippen LogP contribution in [-0.2, 0) is 9.53 Å². The third-order valence-corrected chi connectivity index (χ3v) is 4.63. The summed E-state index contributed by atoms with van der Waals surface area (Å²) in [5.74, 6) is -0.224. The zero-order valence-corrected chi connectivity index (χ0v) is 10.1. The Morgan fingerprint density at radius 1 is 1.18 bits per heavy atom. The van der Waals surface area contributed by atoms with Gasteiger partial charge in [0.1, 0.15) is 11.3 Å². The maximum Gasteiger partial charge on any atom is 0.302 e. The van der Waals surface area contributed by atoms with Gasteiger partial charge in [-0.25, -0.2) is 8.78 Å². The molecule has 4 fully saturated rings. The van der Waals surface area contributed by atoms with Crippen molar-refractivity contribution >= 4 is 5.97 Å². The molecule has 96 valence electrons. The number of hydrogen-bond donors (Lipinski definition) is 0. The zero-order chi connectivity index (χ0) is 12.3. The molecule has 0 aliphatic heterocycles. The molecule has 2 nitrogen and oxygen atoms in total. The molecule has 0 heterocycles. The Labute approximate surface area is 99.7 Å². The predicted octanol–water partition coefficient (Wildman–Crippen LogP) is 2.95. The number of alkyl halides is 2. The van der Waals surface area contributed by atoms with Crippen LogP contribution < -0.4 is 0 Å². The van der Waals surface area contributed by atoms with Crippen molar-refractivity contribution in [2.24, 2.45) is 11.3 Å². The third kappa shape index (κ3) is 1.85. The normalized spacial score (nSPS) is 51.6. The van der Waals surface area contributed by atoms with Crippen molar-refractivity contribution in [3.05, 3.63) is 0 Å². The average molecular weight is 244 g/mol. The van der Waals surface area contributed by atoms with E-state index >= 15 is 0 Å². The largest absolute Gasteiger partial charge is 0.465 e. The highest BCUT2D eigenvalue weighted by Gasteiger charge is 2.64. The molecule has 4 heteroatoms. The van der Waals surface area contributed by atoms with E-state index in [2.05, 4.69) is 0 Å². The molecule has 4 aliphatic carbocycles. The second kappa shape index (κ2) is 3.21. The van der Waals surface area contributed by atoms with Crippen LogP contribution in [0.15, 0.2) is 0 Å². The molecule has 0 radical (unpaired) electrons. The summed E-state index contributed by atoms with van der Waals surface area (Å²) < 4.78 is 34.1. The van der Waals surface area contributed by atoms with Gasteiger partial charge in [-0.3, -0.25) is 4.79 Å². The van der Waals surface area contributed by atoms with Crippen LogP contribution in [0, 0.1) is 11.3 Å². The lowest BCUT2D eigenvalue weighted by Crippen LogP contribution is -2.61. The van der Waals surface area contributed by atoms with E-state index in [0.29, 0.717) is 25.7 Å². The summed E-state index contributed by atoms with van der Waals surface area (Å²) in [5, 5.41) is 0. The lowest BCUT2D eigenvalue weighted by atomic mass is 9.47. The van der Waals surface area contributed by atoms with Crippen LogP contribution in [0.5, 0.6) is 0 Å². The van der Waals surface area contributed by atoms with Gasteiger partial charge >= 0.3 is 5.97 Å². The van der Waals surface area contributed by atoms with E-state index in [4.69, 9.17) is 4.74 Å². The van der Waals surface area contributed by atoms with E-state index in [9.17, 15) is 13.6 Å². The fourth-order valence-corrected chi connectivity index (χ4v) is 4.81. The molecule has 0 aromatic carbocycles. The summed E-state index contributed by atoms with van der Waals surface area (Å²) in [6, 6.07) is 0. The third-order valence-electron chi connectivity index (χ3n) is 4.63. The second-order valence-corrected chi connectivity index (χ2v) is 6.59. The van der Waals surface area contributed by atoms with Crippen molar-refractivity contribution in [1.29, 1.82) is 0 Å². The van der Waals surface area contributed by atoms with Crippen LogP contribution in [0.25, 0.3) is 0 Å².